The number of rotatable bonds is 4. The highest BCUT2D eigenvalue weighted by Crippen LogP contribution is 2.44. The average Bonchev–Trinajstić information content (AvgIpc) is 2.83. The van der Waals surface area contributed by atoms with E-state index in [1.807, 2.05) is 18.1 Å². The molecule has 1 aliphatic carbocycles. The van der Waals surface area contributed by atoms with Crippen molar-refractivity contribution in [3.05, 3.63) is 18.2 Å². The number of hydrogen-bond donors (Lipinski definition) is 1. The minimum absolute atomic E-state index is 0.490. The molecule has 0 amide bonds. The maximum absolute atomic E-state index is 4.39. The molecule has 2 fully saturated rings. The highest BCUT2D eigenvalue weighted by Gasteiger charge is 2.37. The van der Waals surface area contributed by atoms with Crippen molar-refractivity contribution in [3.63, 3.8) is 0 Å². The maximum atomic E-state index is 4.39. The lowest BCUT2D eigenvalue weighted by molar-refractivity contribution is 0.309. The zero-order chi connectivity index (χ0) is 12.4. The summed E-state index contributed by atoms with van der Waals surface area (Å²) in [6.45, 7) is 2.30. The van der Waals surface area contributed by atoms with Gasteiger partial charge in [-0.1, -0.05) is 12.8 Å². The molecule has 0 spiro atoms. The van der Waals surface area contributed by atoms with E-state index in [9.17, 15) is 0 Å². The third-order valence-corrected chi connectivity index (χ3v) is 5.97. The molecule has 2 heterocycles. The van der Waals surface area contributed by atoms with Crippen LogP contribution in [0.2, 0.25) is 0 Å². The molecule has 0 radical (unpaired) electrons. The summed E-state index contributed by atoms with van der Waals surface area (Å²) in [4.78, 5) is 4.39. The van der Waals surface area contributed by atoms with Crippen LogP contribution in [-0.2, 0) is 6.54 Å². The van der Waals surface area contributed by atoms with E-state index in [1.165, 1.54) is 44.2 Å². The summed E-state index contributed by atoms with van der Waals surface area (Å²) in [6, 6.07) is 0.528. The number of aromatic nitrogens is 2. The van der Waals surface area contributed by atoms with Crippen molar-refractivity contribution < 1.29 is 0 Å². The van der Waals surface area contributed by atoms with Crippen LogP contribution in [0.4, 0.5) is 0 Å². The van der Waals surface area contributed by atoms with Crippen LogP contribution in [-0.4, -0.2) is 27.1 Å². The molecule has 4 heteroatoms. The fraction of sp³-hybridized carbons (Fsp3) is 0.786. The van der Waals surface area contributed by atoms with Gasteiger partial charge >= 0.3 is 0 Å². The quantitative estimate of drug-likeness (QED) is 0.907. The van der Waals surface area contributed by atoms with E-state index >= 15 is 0 Å². The highest BCUT2D eigenvalue weighted by molar-refractivity contribution is 8.00. The lowest BCUT2D eigenvalue weighted by Gasteiger charge is -2.41. The Hall–Kier alpha value is -0.480. The topological polar surface area (TPSA) is 29.9 Å². The van der Waals surface area contributed by atoms with Gasteiger partial charge in [0.2, 0.25) is 0 Å². The average molecular weight is 265 g/mol. The Labute approximate surface area is 114 Å². The van der Waals surface area contributed by atoms with Crippen LogP contribution in [0.5, 0.6) is 0 Å². The second-order valence-corrected chi connectivity index (χ2v) is 6.96. The van der Waals surface area contributed by atoms with E-state index < -0.39 is 0 Å². The van der Waals surface area contributed by atoms with Crippen molar-refractivity contribution in [3.8, 4) is 0 Å². The van der Waals surface area contributed by atoms with Gasteiger partial charge in [-0.3, -0.25) is 0 Å². The second-order valence-electron chi connectivity index (χ2n) is 5.69. The van der Waals surface area contributed by atoms with Gasteiger partial charge in [-0.2, -0.15) is 11.8 Å². The van der Waals surface area contributed by atoms with E-state index in [-0.39, 0.29) is 0 Å². The van der Waals surface area contributed by atoms with Crippen LogP contribution in [0.25, 0.3) is 0 Å². The van der Waals surface area contributed by atoms with Crippen molar-refractivity contribution >= 4 is 11.8 Å². The summed E-state index contributed by atoms with van der Waals surface area (Å²) in [5, 5.41) is 3.63. The molecule has 100 valence electrons. The maximum Gasteiger partial charge on any atom is 0.0949 e. The van der Waals surface area contributed by atoms with Crippen molar-refractivity contribution in [1.29, 1.82) is 0 Å². The summed E-state index contributed by atoms with van der Waals surface area (Å²) >= 11 is 2.04. The normalized spacial score (nSPS) is 26.8. The Bertz CT molecular complexity index is 386. The first-order valence-corrected chi connectivity index (χ1v) is 8.34. The van der Waals surface area contributed by atoms with Gasteiger partial charge in [-0.15, -0.1) is 0 Å². The number of hydrogen-bond acceptors (Lipinski definition) is 3. The third-order valence-electron chi connectivity index (χ3n) is 4.57. The van der Waals surface area contributed by atoms with Gasteiger partial charge in [0.15, 0.2) is 0 Å². The molecule has 1 saturated carbocycles. The van der Waals surface area contributed by atoms with Gasteiger partial charge in [0.05, 0.1) is 12.0 Å². The molecule has 2 aliphatic rings. The number of thioether (sulfide) groups is 1. The van der Waals surface area contributed by atoms with E-state index in [0.29, 0.717) is 10.8 Å². The predicted molar refractivity (Wildman–Crippen MR) is 76.9 cm³/mol. The van der Waals surface area contributed by atoms with Crippen LogP contribution in [0, 0.1) is 0 Å². The van der Waals surface area contributed by atoms with E-state index in [4.69, 9.17) is 0 Å². The molecule has 18 heavy (non-hydrogen) atoms. The number of imidazole rings is 1. The Morgan fingerprint density at radius 1 is 1.44 bits per heavy atom. The van der Waals surface area contributed by atoms with E-state index in [1.54, 1.807) is 0 Å². The van der Waals surface area contributed by atoms with Gasteiger partial charge in [0.1, 0.15) is 0 Å². The Balaban J connectivity index is 1.74. The predicted octanol–water partition coefficient (Wildman–Crippen LogP) is 2.98. The van der Waals surface area contributed by atoms with Gasteiger partial charge < -0.3 is 9.88 Å². The van der Waals surface area contributed by atoms with Gasteiger partial charge in [-0.25, -0.2) is 4.98 Å². The van der Waals surface area contributed by atoms with Crippen molar-refractivity contribution in [1.82, 2.24) is 14.9 Å². The van der Waals surface area contributed by atoms with Gasteiger partial charge in [0.25, 0.3) is 0 Å². The lowest BCUT2D eigenvalue weighted by atomic mass is 9.84. The van der Waals surface area contributed by atoms with Crippen LogP contribution < -0.4 is 5.32 Å². The molecule has 1 atom stereocenters. The Kier molecular flexibility index (Phi) is 3.66. The summed E-state index contributed by atoms with van der Waals surface area (Å²) in [5.41, 5.74) is 1.40. The minimum Gasteiger partial charge on any atom is -0.332 e. The summed E-state index contributed by atoms with van der Waals surface area (Å²) in [7, 11) is 0. The number of nitrogens with one attached hydrogen (secondary N) is 1. The largest absolute Gasteiger partial charge is 0.332 e. The zero-order valence-electron chi connectivity index (χ0n) is 11.2. The smallest absolute Gasteiger partial charge is 0.0949 e. The highest BCUT2D eigenvalue weighted by atomic mass is 32.2. The summed E-state index contributed by atoms with van der Waals surface area (Å²) in [6.07, 6.45) is 14.4. The van der Waals surface area contributed by atoms with Crippen molar-refractivity contribution in [2.45, 2.75) is 55.9 Å². The molecule has 0 aromatic carbocycles. The van der Waals surface area contributed by atoms with Crippen molar-refractivity contribution in [2.24, 2.45) is 0 Å². The molecule has 1 aromatic heterocycles. The molecule has 1 saturated heterocycles. The number of piperidine rings is 1. The van der Waals surface area contributed by atoms with Crippen LogP contribution in [0.15, 0.2) is 12.5 Å². The SMILES string of the molecule is CSC1(Cn2cncc2C2CCCCN2)CCC1. The summed E-state index contributed by atoms with van der Waals surface area (Å²) in [5.74, 6) is 0. The molecule has 1 aliphatic heterocycles. The van der Waals surface area contributed by atoms with Crippen molar-refractivity contribution in [2.75, 3.05) is 12.8 Å². The van der Waals surface area contributed by atoms with Crippen LogP contribution >= 0.6 is 11.8 Å². The number of nitrogens with zero attached hydrogens (tertiary/aromatic N) is 2. The summed E-state index contributed by atoms with van der Waals surface area (Å²) < 4.78 is 2.89. The minimum atomic E-state index is 0.490. The fourth-order valence-electron chi connectivity index (χ4n) is 3.17. The zero-order valence-corrected chi connectivity index (χ0v) is 12.0. The van der Waals surface area contributed by atoms with Gasteiger partial charge in [0, 0.05) is 23.5 Å². The fourth-order valence-corrected chi connectivity index (χ4v) is 4.13. The molecular formula is C14H23N3S. The molecule has 3 rings (SSSR count). The molecular weight excluding hydrogens is 242 g/mol. The molecule has 0 bridgehead atoms. The van der Waals surface area contributed by atoms with Crippen LogP contribution in [0.3, 0.4) is 0 Å². The third kappa shape index (κ3) is 2.32. The Morgan fingerprint density at radius 3 is 2.94 bits per heavy atom. The molecule has 1 unspecified atom stereocenters. The first kappa shape index (κ1) is 12.5. The molecule has 1 aromatic rings. The monoisotopic (exact) mass is 265 g/mol. The Morgan fingerprint density at radius 2 is 2.33 bits per heavy atom. The first-order valence-electron chi connectivity index (χ1n) is 7.12. The molecule has 3 nitrogen and oxygen atoms in total. The van der Waals surface area contributed by atoms with E-state index in [0.717, 1.165) is 13.1 Å². The standard InChI is InChI=1S/C14H23N3S/c1-18-14(6-4-7-14)10-17-11-15-9-13(17)12-5-2-3-8-16-12/h9,11-12,16H,2-8,10H2,1H3. The lowest BCUT2D eigenvalue weighted by Crippen LogP contribution is -2.39. The molecule has 1 N–H and O–H groups in total. The van der Waals surface area contributed by atoms with E-state index in [2.05, 4.69) is 27.3 Å². The van der Waals surface area contributed by atoms with Crippen LogP contribution in [0.1, 0.15) is 50.3 Å². The first-order chi connectivity index (χ1) is 8.83. The van der Waals surface area contributed by atoms with Gasteiger partial charge in [-0.05, 0) is 38.5 Å². The second kappa shape index (κ2) is 5.25.